The van der Waals surface area contributed by atoms with Crippen molar-refractivity contribution in [3.63, 3.8) is 0 Å². The molecular formula is C19H25ClN2O3S2. The monoisotopic (exact) mass is 428 g/mol. The minimum absolute atomic E-state index is 0.0963. The molecule has 1 aromatic heterocycles. The van der Waals surface area contributed by atoms with E-state index in [9.17, 15) is 13.2 Å². The van der Waals surface area contributed by atoms with E-state index in [4.69, 9.17) is 11.6 Å². The number of carbonyl (C=O) groups is 1. The van der Waals surface area contributed by atoms with Crippen molar-refractivity contribution in [1.82, 2.24) is 4.98 Å². The second-order valence-corrected chi connectivity index (χ2v) is 12.0. The lowest BCUT2D eigenvalue weighted by Gasteiger charge is -2.23. The van der Waals surface area contributed by atoms with Crippen molar-refractivity contribution < 1.29 is 13.2 Å². The molecule has 0 bridgehead atoms. The number of anilines is 1. The molecule has 1 N–H and O–H groups in total. The van der Waals surface area contributed by atoms with Crippen LogP contribution in [-0.4, -0.2) is 24.1 Å². The topological polar surface area (TPSA) is 76.1 Å². The van der Waals surface area contributed by atoms with Gasteiger partial charge in [-0.3, -0.25) is 4.79 Å². The fraction of sp³-hybridized carbons (Fsp3) is 0.474. The largest absolute Gasteiger partial charge is 0.301 e. The highest BCUT2D eigenvalue weighted by Crippen LogP contribution is 2.34. The molecule has 0 fully saturated rings. The number of benzene rings is 1. The van der Waals surface area contributed by atoms with Gasteiger partial charge >= 0.3 is 0 Å². The number of thiazole rings is 1. The Balaban J connectivity index is 2.22. The summed E-state index contributed by atoms with van der Waals surface area (Å²) in [4.78, 5) is 18.2. The molecule has 1 aromatic carbocycles. The van der Waals surface area contributed by atoms with Crippen LogP contribution in [0, 0.1) is 6.92 Å². The van der Waals surface area contributed by atoms with Crippen LogP contribution < -0.4 is 5.32 Å². The van der Waals surface area contributed by atoms with Gasteiger partial charge in [0.2, 0.25) is 5.91 Å². The summed E-state index contributed by atoms with van der Waals surface area (Å²) in [5, 5.41) is 3.63. The first-order valence-corrected chi connectivity index (χ1v) is 11.3. The third-order valence-corrected chi connectivity index (χ3v) is 8.50. The first-order chi connectivity index (χ1) is 12.2. The number of rotatable bonds is 5. The predicted octanol–water partition coefficient (Wildman–Crippen LogP) is 4.73. The van der Waals surface area contributed by atoms with E-state index in [1.807, 2.05) is 6.92 Å². The van der Waals surface area contributed by atoms with E-state index in [1.165, 1.54) is 25.2 Å². The van der Waals surface area contributed by atoms with Crippen molar-refractivity contribution in [2.24, 2.45) is 0 Å². The molecule has 148 valence electrons. The third kappa shape index (κ3) is 4.89. The van der Waals surface area contributed by atoms with Gasteiger partial charge in [0.05, 0.1) is 11.4 Å². The summed E-state index contributed by atoms with van der Waals surface area (Å²) in [5.74, 6) is -0.833. The number of sulfone groups is 1. The second-order valence-electron chi connectivity index (χ2n) is 8.03. The minimum atomic E-state index is -3.76. The van der Waals surface area contributed by atoms with Crippen molar-refractivity contribution >= 4 is 43.8 Å². The van der Waals surface area contributed by atoms with Crippen molar-refractivity contribution in [1.29, 1.82) is 0 Å². The quantitative estimate of drug-likeness (QED) is 0.746. The number of amides is 1. The zero-order valence-corrected chi connectivity index (χ0v) is 18.8. The molecule has 0 unspecified atom stereocenters. The van der Waals surface area contributed by atoms with Crippen LogP contribution >= 0.6 is 22.9 Å². The van der Waals surface area contributed by atoms with Crippen LogP contribution in [0.15, 0.2) is 24.3 Å². The van der Waals surface area contributed by atoms with Gasteiger partial charge in [-0.2, -0.15) is 0 Å². The van der Waals surface area contributed by atoms with Crippen LogP contribution in [0.5, 0.6) is 0 Å². The van der Waals surface area contributed by atoms with E-state index in [-0.39, 0.29) is 11.2 Å². The summed E-state index contributed by atoms with van der Waals surface area (Å²) >= 11 is 7.22. The molecule has 0 radical (unpaired) electrons. The molecule has 0 spiro atoms. The Kier molecular flexibility index (Phi) is 6.09. The van der Waals surface area contributed by atoms with Gasteiger partial charge in [-0.1, -0.05) is 44.5 Å². The highest BCUT2D eigenvalue weighted by atomic mass is 35.5. The van der Waals surface area contributed by atoms with Gasteiger partial charge in [0.25, 0.3) is 0 Å². The van der Waals surface area contributed by atoms with Crippen LogP contribution in [0.3, 0.4) is 0 Å². The number of carbonyl (C=O) groups excluding carboxylic acids is 1. The van der Waals surface area contributed by atoms with Gasteiger partial charge < -0.3 is 5.32 Å². The minimum Gasteiger partial charge on any atom is -0.301 e. The molecule has 0 atom stereocenters. The van der Waals surface area contributed by atoms with Crippen LogP contribution in [-0.2, 0) is 25.8 Å². The fourth-order valence-electron chi connectivity index (χ4n) is 2.52. The average molecular weight is 429 g/mol. The normalized spacial score (nSPS) is 12.9. The molecule has 1 amide bonds. The molecule has 5 nitrogen and oxygen atoms in total. The molecule has 0 aliphatic heterocycles. The first-order valence-electron chi connectivity index (χ1n) is 8.50. The van der Waals surface area contributed by atoms with E-state index in [0.717, 1.165) is 10.6 Å². The van der Waals surface area contributed by atoms with E-state index in [0.29, 0.717) is 15.7 Å². The number of hydrogen-bond donors (Lipinski definition) is 1. The van der Waals surface area contributed by atoms with E-state index >= 15 is 0 Å². The summed E-state index contributed by atoms with van der Waals surface area (Å²) < 4.78 is 24.1. The van der Waals surface area contributed by atoms with Crippen molar-refractivity contribution in [2.75, 3.05) is 5.32 Å². The molecule has 8 heteroatoms. The maximum atomic E-state index is 12.9. The molecule has 2 aromatic rings. The predicted molar refractivity (Wildman–Crippen MR) is 112 cm³/mol. The summed E-state index contributed by atoms with van der Waals surface area (Å²) in [6, 6.07) is 6.55. The molecular weight excluding hydrogens is 404 g/mol. The Hall–Kier alpha value is -1.44. The first kappa shape index (κ1) is 21.9. The Bertz CT molecular complexity index is 940. The number of hydrogen-bond acceptors (Lipinski definition) is 5. The zero-order valence-electron chi connectivity index (χ0n) is 16.4. The van der Waals surface area contributed by atoms with Crippen LogP contribution in [0.1, 0.15) is 50.8 Å². The molecule has 0 aliphatic carbocycles. The third-order valence-electron chi connectivity index (χ3n) is 4.29. The summed E-state index contributed by atoms with van der Waals surface area (Å²) in [5.41, 5.74) is 1.32. The van der Waals surface area contributed by atoms with Crippen LogP contribution in [0.4, 0.5) is 5.13 Å². The number of aryl methyl sites for hydroxylation is 1. The Labute approximate surface area is 170 Å². The van der Waals surface area contributed by atoms with E-state index in [2.05, 4.69) is 31.1 Å². The number of halogens is 1. The molecule has 27 heavy (non-hydrogen) atoms. The highest BCUT2D eigenvalue weighted by Gasteiger charge is 2.42. The summed E-state index contributed by atoms with van der Waals surface area (Å²) in [6.45, 7) is 10.9. The van der Waals surface area contributed by atoms with Crippen molar-refractivity contribution in [2.45, 2.75) is 57.5 Å². The summed E-state index contributed by atoms with van der Waals surface area (Å²) in [7, 11) is -3.76. The average Bonchev–Trinajstić information content (AvgIpc) is 2.90. The number of nitrogens with zero attached hydrogens (tertiary/aromatic N) is 1. The van der Waals surface area contributed by atoms with Gasteiger partial charge in [0, 0.05) is 9.90 Å². The lowest BCUT2D eigenvalue weighted by Crippen LogP contribution is -2.45. The molecule has 0 aliphatic rings. The lowest BCUT2D eigenvalue weighted by molar-refractivity contribution is -0.117. The fourth-order valence-corrected chi connectivity index (χ4v) is 4.99. The van der Waals surface area contributed by atoms with E-state index in [1.54, 1.807) is 24.3 Å². The van der Waals surface area contributed by atoms with Gasteiger partial charge in [-0.25, -0.2) is 13.4 Å². The molecule has 0 saturated heterocycles. The smallest absolute Gasteiger partial charge is 0.247 e. The zero-order chi connectivity index (χ0) is 20.6. The van der Waals surface area contributed by atoms with E-state index < -0.39 is 20.5 Å². The maximum Gasteiger partial charge on any atom is 0.247 e. The Morgan fingerprint density at radius 3 is 2.19 bits per heavy atom. The molecule has 0 saturated carbocycles. The molecule has 2 rings (SSSR count). The standard InChI is InChI=1S/C19H25ClN2O3S2/c1-12-15(18(2,3)4)26-17(21-12)22-16(23)19(5,6)27(24,25)11-13-7-9-14(20)10-8-13/h7-10H,11H2,1-6H3,(H,21,22,23). The highest BCUT2D eigenvalue weighted by molar-refractivity contribution is 7.92. The van der Waals surface area contributed by atoms with Gasteiger partial charge in [0.1, 0.15) is 4.75 Å². The van der Waals surface area contributed by atoms with Gasteiger partial charge in [-0.05, 0) is 43.9 Å². The Morgan fingerprint density at radius 2 is 1.70 bits per heavy atom. The number of nitrogens with one attached hydrogen (secondary N) is 1. The van der Waals surface area contributed by atoms with Crippen LogP contribution in [0.25, 0.3) is 0 Å². The second kappa shape index (κ2) is 7.53. The Morgan fingerprint density at radius 1 is 1.15 bits per heavy atom. The summed E-state index contributed by atoms with van der Waals surface area (Å²) in [6.07, 6.45) is 0. The molecule has 1 heterocycles. The maximum absolute atomic E-state index is 12.9. The van der Waals surface area contributed by atoms with Crippen molar-refractivity contribution in [3.8, 4) is 0 Å². The lowest BCUT2D eigenvalue weighted by atomic mass is 9.94. The van der Waals surface area contributed by atoms with Crippen molar-refractivity contribution in [3.05, 3.63) is 45.4 Å². The van der Waals surface area contributed by atoms with Gasteiger partial charge in [-0.15, -0.1) is 11.3 Å². The number of aromatic nitrogens is 1. The SMILES string of the molecule is Cc1nc(NC(=O)C(C)(C)S(=O)(=O)Cc2ccc(Cl)cc2)sc1C(C)(C)C. The van der Waals surface area contributed by atoms with Crippen LogP contribution in [0.2, 0.25) is 5.02 Å². The van der Waals surface area contributed by atoms with Gasteiger partial charge in [0.15, 0.2) is 15.0 Å².